The fourth-order valence-electron chi connectivity index (χ4n) is 3.72. The van der Waals surface area contributed by atoms with Gasteiger partial charge in [-0.2, -0.15) is 0 Å². The van der Waals surface area contributed by atoms with Crippen LogP contribution in [0.25, 0.3) is 0 Å². The Balaban J connectivity index is 1.30. The zero-order valence-electron chi connectivity index (χ0n) is 16.5. The van der Waals surface area contributed by atoms with E-state index in [4.69, 9.17) is 0 Å². The summed E-state index contributed by atoms with van der Waals surface area (Å²) in [6.45, 7) is 2.90. The number of carbonyl (C=O) groups is 4. The van der Waals surface area contributed by atoms with Crippen LogP contribution in [0.15, 0.2) is 24.3 Å². The maximum Gasteiger partial charge on any atom is 0.261 e. The van der Waals surface area contributed by atoms with E-state index in [1.807, 2.05) is 0 Å². The highest BCUT2D eigenvalue weighted by Crippen LogP contribution is 2.24. The van der Waals surface area contributed by atoms with Gasteiger partial charge in [-0.1, -0.05) is 23.5 Å². The largest absolute Gasteiger partial charge is 0.343 e. The Kier molecular flexibility index (Phi) is 5.58. The second kappa shape index (κ2) is 8.31. The standard InChI is InChI=1S/C20H21N5O4S/c1-12(26)24-9-6-13(7-10-24)17(27)21-20-23-22-16(30-20)8-11-25-18(28)14-4-2-3-5-15(14)19(25)29/h2-5,13H,6-11H2,1H3,(H,21,23,27). The number of nitrogens with one attached hydrogen (secondary N) is 1. The van der Waals surface area contributed by atoms with Crippen LogP contribution in [0.2, 0.25) is 0 Å². The molecule has 0 spiro atoms. The van der Waals surface area contributed by atoms with Crippen LogP contribution >= 0.6 is 11.3 Å². The molecule has 3 heterocycles. The van der Waals surface area contributed by atoms with Gasteiger partial charge in [0.25, 0.3) is 11.8 Å². The molecule has 0 atom stereocenters. The molecule has 0 unspecified atom stereocenters. The van der Waals surface area contributed by atoms with Crippen molar-refractivity contribution in [3.63, 3.8) is 0 Å². The van der Waals surface area contributed by atoms with Crippen LogP contribution in [0.3, 0.4) is 0 Å². The number of anilines is 1. The van der Waals surface area contributed by atoms with Crippen LogP contribution in [0, 0.1) is 5.92 Å². The molecule has 1 N–H and O–H groups in total. The van der Waals surface area contributed by atoms with Gasteiger partial charge in [-0.05, 0) is 25.0 Å². The highest BCUT2D eigenvalue weighted by molar-refractivity contribution is 7.15. The van der Waals surface area contributed by atoms with E-state index in [0.717, 1.165) is 0 Å². The van der Waals surface area contributed by atoms with E-state index >= 15 is 0 Å². The molecule has 0 saturated carbocycles. The first kappa shape index (κ1) is 20.1. The van der Waals surface area contributed by atoms with Gasteiger partial charge >= 0.3 is 0 Å². The monoisotopic (exact) mass is 427 g/mol. The Hall–Kier alpha value is -3.14. The Bertz CT molecular complexity index is 977. The van der Waals surface area contributed by atoms with Gasteiger partial charge in [-0.3, -0.25) is 24.1 Å². The second-order valence-electron chi connectivity index (χ2n) is 7.33. The zero-order chi connectivity index (χ0) is 21.3. The van der Waals surface area contributed by atoms with Crippen molar-refractivity contribution < 1.29 is 19.2 Å². The van der Waals surface area contributed by atoms with Gasteiger partial charge in [0.1, 0.15) is 5.01 Å². The van der Waals surface area contributed by atoms with Crippen LogP contribution in [0.1, 0.15) is 45.5 Å². The molecule has 2 aromatic rings. The lowest BCUT2D eigenvalue weighted by molar-refractivity contribution is -0.132. The lowest BCUT2D eigenvalue weighted by Crippen LogP contribution is -2.40. The van der Waals surface area contributed by atoms with Crippen LogP contribution in [-0.4, -0.2) is 63.3 Å². The van der Waals surface area contributed by atoms with Crippen molar-refractivity contribution in [1.29, 1.82) is 0 Å². The highest BCUT2D eigenvalue weighted by atomic mass is 32.1. The predicted octanol–water partition coefficient (Wildman–Crippen LogP) is 1.57. The van der Waals surface area contributed by atoms with Crippen molar-refractivity contribution in [2.75, 3.05) is 25.0 Å². The maximum atomic E-state index is 12.5. The summed E-state index contributed by atoms with van der Waals surface area (Å²) in [5.74, 6) is -0.857. The molecule has 9 nitrogen and oxygen atoms in total. The summed E-state index contributed by atoms with van der Waals surface area (Å²) in [7, 11) is 0. The smallest absolute Gasteiger partial charge is 0.261 e. The normalized spacial score (nSPS) is 16.7. The quantitative estimate of drug-likeness (QED) is 0.725. The van der Waals surface area contributed by atoms with Gasteiger partial charge in [0.05, 0.1) is 11.1 Å². The van der Waals surface area contributed by atoms with E-state index in [1.54, 1.807) is 29.2 Å². The summed E-state index contributed by atoms with van der Waals surface area (Å²) in [6.07, 6.45) is 1.61. The van der Waals surface area contributed by atoms with Crippen LogP contribution in [0.4, 0.5) is 5.13 Å². The van der Waals surface area contributed by atoms with Crippen molar-refractivity contribution in [1.82, 2.24) is 20.0 Å². The maximum absolute atomic E-state index is 12.5. The number of hydrogen-bond donors (Lipinski definition) is 1. The van der Waals surface area contributed by atoms with Crippen LogP contribution in [-0.2, 0) is 16.0 Å². The first-order chi connectivity index (χ1) is 14.4. The van der Waals surface area contributed by atoms with E-state index in [2.05, 4.69) is 15.5 Å². The number of benzene rings is 1. The fourth-order valence-corrected chi connectivity index (χ4v) is 4.45. The lowest BCUT2D eigenvalue weighted by Gasteiger charge is -2.30. The van der Waals surface area contributed by atoms with Crippen LogP contribution in [0.5, 0.6) is 0 Å². The number of nitrogens with zero attached hydrogens (tertiary/aromatic N) is 4. The van der Waals surface area contributed by atoms with Gasteiger partial charge in [0.2, 0.25) is 16.9 Å². The number of carbonyl (C=O) groups excluding carboxylic acids is 4. The lowest BCUT2D eigenvalue weighted by atomic mass is 9.96. The zero-order valence-corrected chi connectivity index (χ0v) is 17.3. The minimum atomic E-state index is -0.300. The molecule has 0 radical (unpaired) electrons. The average molecular weight is 427 g/mol. The Morgan fingerprint density at radius 3 is 2.33 bits per heavy atom. The van der Waals surface area contributed by atoms with Gasteiger partial charge in [0.15, 0.2) is 0 Å². The van der Waals surface area contributed by atoms with Crippen molar-refractivity contribution in [3.8, 4) is 0 Å². The van der Waals surface area contributed by atoms with Gasteiger partial charge in [-0.15, -0.1) is 10.2 Å². The molecule has 1 fully saturated rings. The first-order valence-electron chi connectivity index (χ1n) is 9.78. The van der Waals surface area contributed by atoms with Gasteiger partial charge in [-0.25, -0.2) is 0 Å². The molecular formula is C20H21N5O4S. The summed E-state index contributed by atoms with van der Waals surface area (Å²) < 4.78 is 0. The third-order valence-electron chi connectivity index (χ3n) is 5.44. The number of aromatic nitrogens is 2. The summed E-state index contributed by atoms with van der Waals surface area (Å²) >= 11 is 1.23. The summed E-state index contributed by atoms with van der Waals surface area (Å²) in [6, 6.07) is 6.76. The third kappa shape index (κ3) is 3.95. The SMILES string of the molecule is CC(=O)N1CCC(C(=O)Nc2nnc(CCN3C(=O)c4ccccc4C3=O)s2)CC1. The topological polar surface area (TPSA) is 113 Å². The third-order valence-corrected chi connectivity index (χ3v) is 6.33. The molecule has 4 rings (SSSR count). The van der Waals surface area contributed by atoms with Crippen molar-refractivity contribution in [3.05, 3.63) is 40.4 Å². The molecule has 156 valence electrons. The number of rotatable bonds is 5. The molecule has 1 saturated heterocycles. The minimum Gasteiger partial charge on any atom is -0.343 e. The van der Waals surface area contributed by atoms with E-state index in [9.17, 15) is 19.2 Å². The Morgan fingerprint density at radius 2 is 1.73 bits per heavy atom. The summed E-state index contributed by atoms with van der Waals surface area (Å²) in [4.78, 5) is 51.6. The Labute approximate surface area is 177 Å². The predicted molar refractivity (Wildman–Crippen MR) is 109 cm³/mol. The van der Waals surface area contributed by atoms with E-state index < -0.39 is 0 Å². The number of piperidine rings is 1. The van der Waals surface area contributed by atoms with E-state index in [1.165, 1.54) is 23.2 Å². The molecule has 10 heteroatoms. The number of imide groups is 1. The van der Waals surface area contributed by atoms with Crippen molar-refractivity contribution in [2.45, 2.75) is 26.2 Å². The molecular weight excluding hydrogens is 406 g/mol. The summed E-state index contributed by atoms with van der Waals surface area (Å²) in [5.41, 5.74) is 0.840. The molecule has 1 aromatic heterocycles. The van der Waals surface area contributed by atoms with Gasteiger partial charge < -0.3 is 10.2 Å². The van der Waals surface area contributed by atoms with Crippen molar-refractivity contribution in [2.24, 2.45) is 5.92 Å². The number of amides is 4. The van der Waals surface area contributed by atoms with E-state index in [0.29, 0.717) is 53.6 Å². The van der Waals surface area contributed by atoms with Crippen molar-refractivity contribution >= 4 is 40.1 Å². The first-order valence-corrected chi connectivity index (χ1v) is 10.6. The molecule has 0 aliphatic carbocycles. The second-order valence-corrected chi connectivity index (χ2v) is 8.39. The molecule has 2 aliphatic heterocycles. The fraction of sp³-hybridized carbons (Fsp3) is 0.400. The summed E-state index contributed by atoms with van der Waals surface area (Å²) in [5, 5.41) is 11.9. The van der Waals surface area contributed by atoms with Gasteiger partial charge in [0, 0.05) is 38.9 Å². The molecule has 0 bridgehead atoms. The highest BCUT2D eigenvalue weighted by Gasteiger charge is 2.35. The molecule has 1 aromatic carbocycles. The molecule has 30 heavy (non-hydrogen) atoms. The average Bonchev–Trinajstić information content (AvgIpc) is 3.29. The van der Waals surface area contributed by atoms with E-state index in [-0.39, 0.29) is 36.1 Å². The number of fused-ring (bicyclic) bond motifs is 1. The number of likely N-dealkylation sites (tertiary alicyclic amines) is 1. The minimum absolute atomic E-state index is 0.0284. The van der Waals surface area contributed by atoms with Crippen LogP contribution < -0.4 is 5.32 Å². The number of hydrogen-bond acceptors (Lipinski definition) is 7. The molecule has 2 aliphatic rings. The molecule has 4 amide bonds. The Morgan fingerprint density at radius 1 is 1.10 bits per heavy atom.